The summed E-state index contributed by atoms with van der Waals surface area (Å²) >= 11 is 0. The fourth-order valence-electron chi connectivity index (χ4n) is 2.30. The van der Waals surface area contributed by atoms with Gasteiger partial charge in [0, 0.05) is 18.0 Å². The number of ether oxygens (including phenoxy) is 1. The Morgan fingerprint density at radius 3 is 2.35 bits per heavy atom. The van der Waals surface area contributed by atoms with Crippen LogP contribution in [0.5, 0.6) is 5.88 Å². The van der Waals surface area contributed by atoms with Crippen LogP contribution in [0.3, 0.4) is 0 Å². The highest BCUT2D eigenvalue weighted by Gasteiger charge is 2.41. The van der Waals surface area contributed by atoms with Gasteiger partial charge in [-0.25, -0.2) is 13.4 Å². The normalized spacial score (nSPS) is 16.3. The van der Waals surface area contributed by atoms with Crippen molar-refractivity contribution in [2.24, 2.45) is 0 Å². The molecule has 26 heavy (non-hydrogen) atoms. The number of hydrogen-bond acceptors (Lipinski definition) is 5. The second kappa shape index (κ2) is 6.24. The van der Waals surface area contributed by atoms with Crippen molar-refractivity contribution < 1.29 is 31.4 Å². The fourth-order valence-corrected chi connectivity index (χ4v) is 2.93. The predicted molar refractivity (Wildman–Crippen MR) is 87.5 cm³/mol. The molecule has 2 aromatic rings. The quantitative estimate of drug-likeness (QED) is 0.853. The molecule has 0 radical (unpaired) electrons. The minimum absolute atomic E-state index is 0.0505. The number of sulfone groups is 1. The van der Waals surface area contributed by atoms with Crippen molar-refractivity contribution in [1.82, 2.24) is 4.98 Å². The number of aliphatic hydroxyl groups is 1. The van der Waals surface area contributed by atoms with E-state index in [-0.39, 0.29) is 22.9 Å². The summed E-state index contributed by atoms with van der Waals surface area (Å²) in [5.74, 6) is -0.0505. The summed E-state index contributed by atoms with van der Waals surface area (Å²) in [6, 6.07) is 6.31. The molecule has 1 aliphatic rings. The lowest BCUT2D eigenvalue weighted by molar-refractivity contribution is -0.137. The summed E-state index contributed by atoms with van der Waals surface area (Å²) in [4.78, 5) is 3.80. The Kier molecular flexibility index (Phi) is 4.48. The van der Waals surface area contributed by atoms with Crippen LogP contribution in [-0.2, 0) is 16.0 Å². The summed E-state index contributed by atoms with van der Waals surface area (Å²) < 4.78 is 67.6. The van der Waals surface area contributed by atoms with E-state index in [1.165, 1.54) is 24.3 Å². The van der Waals surface area contributed by atoms with Gasteiger partial charge >= 0.3 is 6.18 Å². The Hall–Kier alpha value is -2.13. The van der Waals surface area contributed by atoms with E-state index < -0.39 is 27.2 Å². The first-order chi connectivity index (χ1) is 12.0. The Balaban J connectivity index is 2.00. The molecule has 0 spiro atoms. The Labute approximate surface area is 148 Å². The van der Waals surface area contributed by atoms with Crippen LogP contribution < -0.4 is 4.74 Å². The van der Waals surface area contributed by atoms with Crippen molar-refractivity contribution in [3.63, 3.8) is 0 Å². The lowest BCUT2D eigenvalue weighted by Crippen LogP contribution is -2.19. The number of hydrogen-bond donors (Lipinski definition) is 1. The van der Waals surface area contributed by atoms with Crippen LogP contribution in [-0.4, -0.2) is 37.0 Å². The Bertz CT molecular complexity index is 920. The van der Waals surface area contributed by atoms with Crippen LogP contribution >= 0.6 is 0 Å². The smallest absolute Gasteiger partial charge is 0.417 e. The summed E-state index contributed by atoms with van der Waals surface area (Å²) in [6.45, 7) is -0.0697. The molecule has 1 aromatic carbocycles. The number of rotatable bonds is 5. The minimum Gasteiger partial charge on any atom is -0.474 e. The average Bonchev–Trinajstić information content (AvgIpc) is 3.29. The third-order valence-corrected chi connectivity index (χ3v) is 5.21. The van der Waals surface area contributed by atoms with Gasteiger partial charge in [-0.15, -0.1) is 0 Å². The van der Waals surface area contributed by atoms with Gasteiger partial charge in [0.2, 0.25) is 5.88 Å². The molecule has 1 aromatic heterocycles. The van der Waals surface area contributed by atoms with Crippen molar-refractivity contribution in [2.45, 2.75) is 29.5 Å². The molecule has 0 bridgehead atoms. The summed E-state index contributed by atoms with van der Waals surface area (Å²) in [5, 5.41) is 9.86. The van der Waals surface area contributed by atoms with Gasteiger partial charge in [0.1, 0.15) is 6.61 Å². The summed E-state index contributed by atoms with van der Waals surface area (Å²) in [7, 11) is -3.42. The van der Waals surface area contributed by atoms with Crippen LogP contribution in [0.15, 0.2) is 41.4 Å². The number of pyridine rings is 1. The molecule has 140 valence electrons. The fraction of sp³-hybridized carbons (Fsp3) is 0.353. The van der Waals surface area contributed by atoms with Crippen LogP contribution in [0.4, 0.5) is 13.2 Å². The molecule has 1 aliphatic carbocycles. The molecule has 1 saturated carbocycles. The maximum atomic E-state index is 13.0. The van der Waals surface area contributed by atoms with Crippen molar-refractivity contribution in [2.75, 3.05) is 12.9 Å². The maximum Gasteiger partial charge on any atom is 0.417 e. The largest absolute Gasteiger partial charge is 0.474 e. The van der Waals surface area contributed by atoms with E-state index in [2.05, 4.69) is 4.98 Å². The third kappa shape index (κ3) is 4.16. The van der Waals surface area contributed by atoms with E-state index >= 15 is 0 Å². The second-order valence-electron chi connectivity index (χ2n) is 6.38. The van der Waals surface area contributed by atoms with Gasteiger partial charge in [0.05, 0.1) is 16.1 Å². The zero-order valence-electron chi connectivity index (χ0n) is 13.7. The number of benzene rings is 1. The lowest BCUT2D eigenvalue weighted by Gasteiger charge is -2.15. The van der Waals surface area contributed by atoms with E-state index in [9.17, 15) is 26.7 Å². The van der Waals surface area contributed by atoms with Gasteiger partial charge in [-0.1, -0.05) is 12.1 Å². The zero-order valence-corrected chi connectivity index (χ0v) is 14.6. The topological polar surface area (TPSA) is 76.5 Å². The van der Waals surface area contributed by atoms with Gasteiger partial charge in [0.15, 0.2) is 9.84 Å². The highest BCUT2D eigenvalue weighted by atomic mass is 32.2. The molecule has 5 nitrogen and oxygen atoms in total. The zero-order chi connectivity index (χ0) is 19.2. The standard InChI is InChI=1S/C17H16F3NO4S/c1-26(23,24)13-4-2-11(3-5-13)14-8-12(17(18,19)20)9-21-15(14)25-10-16(22)6-7-16/h2-5,8-9,22H,6-7,10H2,1H3. The molecule has 0 atom stereocenters. The van der Waals surface area contributed by atoms with E-state index in [4.69, 9.17) is 4.74 Å². The molecule has 0 aliphatic heterocycles. The first-order valence-corrected chi connectivity index (χ1v) is 9.60. The monoisotopic (exact) mass is 387 g/mol. The van der Waals surface area contributed by atoms with Gasteiger partial charge in [-0.05, 0) is 36.6 Å². The Morgan fingerprint density at radius 2 is 1.85 bits per heavy atom. The molecule has 0 saturated heterocycles. The minimum atomic E-state index is -4.58. The van der Waals surface area contributed by atoms with Crippen LogP contribution in [0, 0.1) is 0 Å². The highest BCUT2D eigenvalue weighted by Crippen LogP contribution is 2.39. The molecular formula is C17H16F3NO4S. The molecule has 1 fully saturated rings. The lowest BCUT2D eigenvalue weighted by atomic mass is 10.1. The Morgan fingerprint density at radius 1 is 1.23 bits per heavy atom. The number of halogens is 3. The van der Waals surface area contributed by atoms with Crippen molar-refractivity contribution in [3.8, 4) is 17.0 Å². The number of alkyl halides is 3. The molecule has 0 amide bonds. The van der Waals surface area contributed by atoms with Crippen molar-refractivity contribution in [1.29, 1.82) is 0 Å². The molecule has 1 N–H and O–H groups in total. The van der Waals surface area contributed by atoms with Crippen LogP contribution in [0.25, 0.3) is 11.1 Å². The second-order valence-corrected chi connectivity index (χ2v) is 8.40. The SMILES string of the molecule is CS(=O)(=O)c1ccc(-c2cc(C(F)(F)F)cnc2OCC2(O)CC2)cc1. The number of aromatic nitrogens is 1. The summed E-state index contributed by atoms with van der Waals surface area (Å²) in [6.07, 6.45) is -1.75. The highest BCUT2D eigenvalue weighted by molar-refractivity contribution is 7.90. The van der Waals surface area contributed by atoms with E-state index in [1.807, 2.05) is 0 Å². The van der Waals surface area contributed by atoms with Crippen LogP contribution in [0.1, 0.15) is 18.4 Å². The molecule has 9 heteroatoms. The first kappa shape index (κ1) is 18.7. The predicted octanol–water partition coefficient (Wildman–Crippen LogP) is 3.07. The van der Waals surface area contributed by atoms with E-state index in [0.717, 1.165) is 12.3 Å². The first-order valence-electron chi connectivity index (χ1n) is 7.71. The molecule has 3 rings (SSSR count). The molecule has 0 unspecified atom stereocenters. The van der Waals surface area contributed by atoms with Crippen molar-refractivity contribution >= 4 is 9.84 Å². The van der Waals surface area contributed by atoms with E-state index in [1.54, 1.807) is 0 Å². The third-order valence-electron chi connectivity index (χ3n) is 4.08. The number of nitrogens with zero attached hydrogens (tertiary/aromatic N) is 1. The van der Waals surface area contributed by atoms with Gasteiger partial charge in [0.25, 0.3) is 0 Å². The van der Waals surface area contributed by atoms with Crippen LogP contribution in [0.2, 0.25) is 0 Å². The molecular weight excluding hydrogens is 371 g/mol. The average molecular weight is 387 g/mol. The van der Waals surface area contributed by atoms with Gasteiger partial charge < -0.3 is 9.84 Å². The van der Waals surface area contributed by atoms with Gasteiger partial charge in [-0.2, -0.15) is 13.2 Å². The molecule has 1 heterocycles. The van der Waals surface area contributed by atoms with E-state index in [0.29, 0.717) is 24.6 Å². The van der Waals surface area contributed by atoms with Crippen molar-refractivity contribution in [3.05, 3.63) is 42.1 Å². The summed E-state index contributed by atoms with van der Waals surface area (Å²) in [5.41, 5.74) is -1.50. The maximum absolute atomic E-state index is 13.0. The van der Waals surface area contributed by atoms with Gasteiger partial charge in [-0.3, -0.25) is 0 Å².